The summed E-state index contributed by atoms with van der Waals surface area (Å²) < 4.78 is 5.86. The topological polar surface area (TPSA) is 45.9 Å². The van der Waals surface area contributed by atoms with E-state index >= 15 is 0 Å². The molecule has 20 heavy (non-hydrogen) atoms. The lowest BCUT2D eigenvalue weighted by atomic mass is 10.1. The van der Waals surface area contributed by atoms with E-state index in [0.717, 1.165) is 33.3 Å². The maximum atomic E-state index is 8.82. The van der Waals surface area contributed by atoms with E-state index in [4.69, 9.17) is 10.00 Å². The quantitative estimate of drug-likeness (QED) is 0.835. The minimum atomic E-state index is 0.435. The fourth-order valence-electron chi connectivity index (χ4n) is 2.00. The molecule has 0 aliphatic heterocycles. The number of rotatable bonds is 5. The van der Waals surface area contributed by atoms with Crippen LogP contribution in [0.3, 0.4) is 0 Å². The van der Waals surface area contributed by atoms with Gasteiger partial charge in [-0.25, -0.2) is 4.98 Å². The number of nitrogens with zero attached hydrogens (tertiary/aromatic N) is 2. The zero-order valence-corrected chi connectivity index (χ0v) is 12.9. The van der Waals surface area contributed by atoms with Crippen LogP contribution in [0.15, 0.2) is 18.2 Å². The standard InChI is InChI=1S/C16H18N2OS/c1-4-13-15(8-9-17)20-16(18-13)10-19-14-7-5-6-11(2)12(14)3/h5-7H,4,8,10H2,1-3H3. The average molecular weight is 286 g/mol. The molecule has 2 aromatic rings. The highest BCUT2D eigenvalue weighted by molar-refractivity contribution is 7.11. The highest BCUT2D eigenvalue weighted by atomic mass is 32.1. The molecule has 0 fully saturated rings. The molecule has 1 aromatic heterocycles. The molecular formula is C16H18N2OS. The molecule has 0 radical (unpaired) electrons. The Morgan fingerprint density at radius 2 is 2.15 bits per heavy atom. The van der Waals surface area contributed by atoms with E-state index in [1.807, 2.05) is 12.1 Å². The molecule has 0 aliphatic carbocycles. The maximum Gasteiger partial charge on any atom is 0.140 e. The van der Waals surface area contributed by atoms with Crippen LogP contribution in [0.5, 0.6) is 5.75 Å². The summed E-state index contributed by atoms with van der Waals surface area (Å²) in [7, 11) is 0. The second-order valence-corrected chi connectivity index (χ2v) is 5.82. The van der Waals surface area contributed by atoms with E-state index in [-0.39, 0.29) is 0 Å². The van der Waals surface area contributed by atoms with Crippen molar-refractivity contribution >= 4 is 11.3 Å². The Hall–Kier alpha value is -1.86. The molecule has 0 atom stereocenters. The fraction of sp³-hybridized carbons (Fsp3) is 0.375. The summed E-state index contributed by atoms with van der Waals surface area (Å²) in [6.07, 6.45) is 1.29. The molecular weight excluding hydrogens is 268 g/mol. The first-order chi connectivity index (χ1) is 9.65. The third-order valence-corrected chi connectivity index (χ3v) is 4.37. The van der Waals surface area contributed by atoms with Gasteiger partial charge in [-0.1, -0.05) is 19.1 Å². The van der Waals surface area contributed by atoms with Crippen LogP contribution in [-0.2, 0) is 19.4 Å². The first-order valence-electron chi connectivity index (χ1n) is 6.69. The lowest BCUT2D eigenvalue weighted by molar-refractivity contribution is 0.303. The largest absolute Gasteiger partial charge is 0.486 e. The van der Waals surface area contributed by atoms with Gasteiger partial charge in [0.2, 0.25) is 0 Å². The van der Waals surface area contributed by atoms with E-state index in [9.17, 15) is 0 Å². The predicted molar refractivity (Wildman–Crippen MR) is 81.1 cm³/mol. The molecule has 3 nitrogen and oxygen atoms in total. The van der Waals surface area contributed by atoms with Gasteiger partial charge in [-0.15, -0.1) is 11.3 Å². The number of thiazole rings is 1. The first-order valence-corrected chi connectivity index (χ1v) is 7.50. The van der Waals surface area contributed by atoms with E-state index in [2.05, 4.69) is 37.9 Å². The molecule has 0 spiro atoms. The van der Waals surface area contributed by atoms with Crippen molar-refractivity contribution in [3.63, 3.8) is 0 Å². The van der Waals surface area contributed by atoms with Gasteiger partial charge in [0.25, 0.3) is 0 Å². The van der Waals surface area contributed by atoms with E-state index in [1.54, 1.807) is 11.3 Å². The third-order valence-electron chi connectivity index (χ3n) is 3.30. The van der Waals surface area contributed by atoms with Crippen LogP contribution >= 0.6 is 11.3 Å². The Labute approximate surface area is 123 Å². The second kappa shape index (κ2) is 6.53. The van der Waals surface area contributed by atoms with Crippen molar-refractivity contribution in [1.82, 2.24) is 4.98 Å². The Balaban J connectivity index is 2.11. The lowest BCUT2D eigenvalue weighted by Gasteiger charge is -2.09. The molecule has 104 valence electrons. The Bertz CT molecular complexity index is 640. The predicted octanol–water partition coefficient (Wildman–Crippen LogP) is 3.97. The number of aromatic nitrogens is 1. The van der Waals surface area contributed by atoms with Gasteiger partial charge in [0.05, 0.1) is 18.2 Å². The highest BCUT2D eigenvalue weighted by Crippen LogP contribution is 2.24. The van der Waals surface area contributed by atoms with Gasteiger partial charge in [-0.2, -0.15) is 5.26 Å². The Kier molecular flexibility index (Phi) is 4.75. The van der Waals surface area contributed by atoms with Gasteiger partial charge >= 0.3 is 0 Å². The van der Waals surface area contributed by atoms with Gasteiger partial charge in [0, 0.05) is 4.88 Å². The summed E-state index contributed by atoms with van der Waals surface area (Å²) in [6, 6.07) is 8.24. The van der Waals surface area contributed by atoms with E-state index in [1.165, 1.54) is 5.56 Å². The lowest BCUT2D eigenvalue weighted by Crippen LogP contribution is -1.97. The second-order valence-electron chi connectivity index (χ2n) is 4.65. The molecule has 4 heteroatoms. The Morgan fingerprint density at radius 3 is 2.85 bits per heavy atom. The van der Waals surface area contributed by atoms with E-state index < -0.39 is 0 Å². The molecule has 2 rings (SSSR count). The summed E-state index contributed by atoms with van der Waals surface area (Å²) in [4.78, 5) is 5.62. The summed E-state index contributed by atoms with van der Waals surface area (Å²) >= 11 is 1.58. The van der Waals surface area contributed by atoms with Crippen molar-refractivity contribution < 1.29 is 4.74 Å². The molecule has 0 saturated carbocycles. The Morgan fingerprint density at radius 1 is 1.35 bits per heavy atom. The molecule has 0 N–H and O–H groups in total. The van der Waals surface area contributed by atoms with Crippen molar-refractivity contribution in [1.29, 1.82) is 5.26 Å². The van der Waals surface area contributed by atoms with Gasteiger partial charge in [0.1, 0.15) is 17.4 Å². The van der Waals surface area contributed by atoms with E-state index in [0.29, 0.717) is 13.0 Å². The molecule has 0 aliphatic rings. The van der Waals surface area contributed by atoms with Crippen LogP contribution in [0.25, 0.3) is 0 Å². The van der Waals surface area contributed by atoms with Crippen LogP contribution < -0.4 is 4.74 Å². The molecule has 0 unspecified atom stereocenters. The van der Waals surface area contributed by atoms with Crippen LogP contribution in [0.2, 0.25) is 0 Å². The molecule has 0 saturated heterocycles. The van der Waals surface area contributed by atoms with Crippen molar-refractivity contribution in [2.75, 3.05) is 0 Å². The third kappa shape index (κ3) is 3.17. The monoisotopic (exact) mass is 286 g/mol. The number of ether oxygens (including phenoxy) is 1. The van der Waals surface area contributed by atoms with Crippen LogP contribution in [-0.4, -0.2) is 4.98 Å². The summed E-state index contributed by atoms with van der Waals surface area (Å²) in [5.74, 6) is 0.903. The number of hydrogen-bond acceptors (Lipinski definition) is 4. The summed E-state index contributed by atoms with van der Waals surface area (Å²) in [5.41, 5.74) is 3.41. The van der Waals surface area contributed by atoms with Crippen molar-refractivity contribution in [2.24, 2.45) is 0 Å². The van der Waals surface area contributed by atoms with Gasteiger partial charge < -0.3 is 4.74 Å². The SMILES string of the molecule is CCc1nc(COc2cccc(C)c2C)sc1CC#N. The summed E-state index contributed by atoms with van der Waals surface area (Å²) in [5, 5.41) is 9.76. The van der Waals surface area contributed by atoms with Crippen LogP contribution in [0.4, 0.5) is 0 Å². The summed E-state index contributed by atoms with van der Waals surface area (Å²) in [6.45, 7) is 6.66. The number of benzene rings is 1. The number of aryl methyl sites for hydroxylation is 2. The van der Waals surface area contributed by atoms with Gasteiger partial charge in [-0.3, -0.25) is 0 Å². The number of hydrogen-bond donors (Lipinski definition) is 0. The van der Waals surface area contributed by atoms with Crippen LogP contribution in [0.1, 0.15) is 33.6 Å². The van der Waals surface area contributed by atoms with Crippen LogP contribution in [0, 0.1) is 25.2 Å². The van der Waals surface area contributed by atoms with Gasteiger partial charge in [0.15, 0.2) is 0 Å². The smallest absolute Gasteiger partial charge is 0.140 e. The normalized spacial score (nSPS) is 10.3. The minimum Gasteiger partial charge on any atom is -0.486 e. The van der Waals surface area contributed by atoms with Crippen molar-refractivity contribution in [3.8, 4) is 11.8 Å². The highest BCUT2D eigenvalue weighted by Gasteiger charge is 2.10. The molecule has 0 bridgehead atoms. The first kappa shape index (κ1) is 14.5. The van der Waals surface area contributed by atoms with Gasteiger partial charge in [-0.05, 0) is 37.5 Å². The van der Waals surface area contributed by atoms with Crippen molar-refractivity contribution in [2.45, 2.75) is 40.2 Å². The van der Waals surface area contributed by atoms with Crippen molar-refractivity contribution in [3.05, 3.63) is 44.9 Å². The molecule has 1 aromatic carbocycles. The molecule has 0 amide bonds. The number of nitriles is 1. The molecule has 1 heterocycles. The maximum absolute atomic E-state index is 8.82. The minimum absolute atomic E-state index is 0.435. The zero-order chi connectivity index (χ0) is 14.5. The average Bonchev–Trinajstić information content (AvgIpc) is 2.83. The zero-order valence-electron chi connectivity index (χ0n) is 12.1. The fourth-order valence-corrected chi connectivity index (χ4v) is 3.01.